The highest BCUT2D eigenvalue weighted by atomic mass is 19.1. The van der Waals surface area contributed by atoms with Crippen LogP contribution in [0.15, 0.2) is 35.1 Å². The first kappa shape index (κ1) is 13.1. The van der Waals surface area contributed by atoms with E-state index in [0.29, 0.717) is 11.5 Å². The predicted octanol–water partition coefficient (Wildman–Crippen LogP) is 2.91. The molecule has 0 saturated carbocycles. The molecular weight excluding hydrogens is 219 g/mol. The molecule has 0 bridgehead atoms. The number of hydrogen-bond donors (Lipinski definition) is 1. The van der Waals surface area contributed by atoms with Gasteiger partial charge in [0.15, 0.2) is 0 Å². The van der Waals surface area contributed by atoms with E-state index in [2.05, 4.69) is 9.97 Å². The van der Waals surface area contributed by atoms with Gasteiger partial charge in [-0.25, -0.2) is 9.37 Å². The maximum absolute atomic E-state index is 12.7. The third kappa shape index (κ3) is 3.52. The van der Waals surface area contributed by atoms with Gasteiger partial charge in [0.2, 0.25) is 0 Å². The fraction of sp³-hybridized carbons (Fsp3) is 0.231. The summed E-state index contributed by atoms with van der Waals surface area (Å²) in [6, 6.07) is 7.26. The third-order valence-electron chi connectivity index (χ3n) is 2.00. The zero-order chi connectivity index (χ0) is 12.8. The van der Waals surface area contributed by atoms with E-state index in [0.717, 1.165) is 5.56 Å². The second-order valence-electron chi connectivity index (χ2n) is 3.22. The number of H-pyrrole nitrogens is 1. The molecule has 0 spiro atoms. The van der Waals surface area contributed by atoms with Crippen molar-refractivity contribution in [1.29, 1.82) is 0 Å². The van der Waals surface area contributed by atoms with Crippen molar-refractivity contribution >= 4 is 0 Å². The molecule has 0 aliphatic carbocycles. The van der Waals surface area contributed by atoms with Crippen LogP contribution in [0.3, 0.4) is 0 Å². The first-order valence-electron chi connectivity index (χ1n) is 5.49. The van der Waals surface area contributed by atoms with E-state index in [-0.39, 0.29) is 11.4 Å². The van der Waals surface area contributed by atoms with Crippen LogP contribution in [0.2, 0.25) is 0 Å². The van der Waals surface area contributed by atoms with Crippen LogP contribution < -0.4 is 5.56 Å². The van der Waals surface area contributed by atoms with Gasteiger partial charge in [-0.1, -0.05) is 13.8 Å². The average Bonchev–Trinajstić information content (AvgIpc) is 2.31. The average molecular weight is 234 g/mol. The quantitative estimate of drug-likeness (QED) is 0.824. The zero-order valence-electron chi connectivity index (χ0n) is 10.1. The lowest BCUT2D eigenvalue weighted by Crippen LogP contribution is -2.08. The van der Waals surface area contributed by atoms with E-state index >= 15 is 0 Å². The number of aromatic amines is 1. The first-order valence-corrected chi connectivity index (χ1v) is 5.49. The minimum Gasteiger partial charge on any atom is -0.311 e. The monoisotopic (exact) mass is 234 g/mol. The highest BCUT2D eigenvalue weighted by Gasteiger charge is 2.01. The number of aromatic nitrogens is 2. The smallest absolute Gasteiger partial charge is 0.251 e. The van der Waals surface area contributed by atoms with Crippen LogP contribution in [-0.4, -0.2) is 9.97 Å². The Morgan fingerprint density at radius 2 is 1.76 bits per heavy atom. The van der Waals surface area contributed by atoms with Gasteiger partial charge >= 0.3 is 0 Å². The lowest BCUT2D eigenvalue weighted by Gasteiger charge is -2.00. The maximum atomic E-state index is 12.7. The Hall–Kier alpha value is -1.97. The van der Waals surface area contributed by atoms with Crippen LogP contribution in [-0.2, 0) is 0 Å². The van der Waals surface area contributed by atoms with Crippen molar-refractivity contribution in [3.05, 3.63) is 52.3 Å². The van der Waals surface area contributed by atoms with E-state index in [4.69, 9.17) is 0 Å². The Kier molecular flexibility index (Phi) is 4.57. The van der Waals surface area contributed by atoms with Crippen molar-refractivity contribution in [2.75, 3.05) is 0 Å². The lowest BCUT2D eigenvalue weighted by atomic mass is 10.1. The van der Waals surface area contributed by atoms with Gasteiger partial charge in [0.1, 0.15) is 11.6 Å². The topological polar surface area (TPSA) is 45.8 Å². The molecule has 4 heteroatoms. The molecule has 1 aromatic carbocycles. The van der Waals surface area contributed by atoms with Crippen molar-refractivity contribution in [3.63, 3.8) is 0 Å². The summed E-state index contributed by atoms with van der Waals surface area (Å²) in [5.41, 5.74) is 1.07. The summed E-state index contributed by atoms with van der Waals surface area (Å²) in [7, 11) is 0. The highest BCUT2D eigenvalue weighted by molar-refractivity contribution is 5.58. The lowest BCUT2D eigenvalue weighted by molar-refractivity contribution is 0.628. The second-order valence-corrected chi connectivity index (χ2v) is 3.22. The van der Waals surface area contributed by atoms with Gasteiger partial charge in [0, 0.05) is 11.6 Å². The van der Waals surface area contributed by atoms with Crippen LogP contribution in [0.1, 0.15) is 19.7 Å². The predicted molar refractivity (Wildman–Crippen MR) is 66.3 cm³/mol. The third-order valence-corrected chi connectivity index (χ3v) is 2.00. The van der Waals surface area contributed by atoms with Gasteiger partial charge in [-0.2, -0.15) is 0 Å². The normalized spacial score (nSPS) is 9.41. The summed E-state index contributed by atoms with van der Waals surface area (Å²) in [5.74, 6) is 0.238. The standard InChI is InChI=1S/C11H9FN2O.C2H6/c1-7-13-10(6-11(15)14-7)8-2-4-9(12)5-3-8;1-2/h2-6H,1H3,(H,13,14,15);1-2H3. The molecule has 3 nitrogen and oxygen atoms in total. The number of rotatable bonds is 1. The molecule has 90 valence electrons. The van der Waals surface area contributed by atoms with Crippen molar-refractivity contribution < 1.29 is 4.39 Å². The van der Waals surface area contributed by atoms with Crippen molar-refractivity contribution in [2.24, 2.45) is 0 Å². The summed E-state index contributed by atoms with van der Waals surface area (Å²) in [6.45, 7) is 5.70. The van der Waals surface area contributed by atoms with Gasteiger partial charge in [0.05, 0.1) is 5.69 Å². The summed E-state index contributed by atoms with van der Waals surface area (Å²) in [5, 5.41) is 0. The second kappa shape index (κ2) is 5.94. The molecule has 1 aromatic heterocycles. The molecule has 0 unspecified atom stereocenters. The summed E-state index contributed by atoms with van der Waals surface area (Å²) >= 11 is 0. The molecule has 0 aliphatic rings. The summed E-state index contributed by atoms with van der Waals surface area (Å²) < 4.78 is 12.7. The molecule has 0 atom stereocenters. The van der Waals surface area contributed by atoms with Gasteiger partial charge in [-0.15, -0.1) is 0 Å². The maximum Gasteiger partial charge on any atom is 0.251 e. The molecule has 2 aromatic rings. The van der Waals surface area contributed by atoms with Crippen molar-refractivity contribution in [2.45, 2.75) is 20.8 Å². The molecule has 1 heterocycles. The van der Waals surface area contributed by atoms with Crippen LogP contribution in [0.5, 0.6) is 0 Å². The Balaban J connectivity index is 0.000000686. The molecule has 1 N–H and O–H groups in total. The van der Waals surface area contributed by atoms with Crippen LogP contribution >= 0.6 is 0 Å². The summed E-state index contributed by atoms with van der Waals surface area (Å²) in [6.07, 6.45) is 0. The first-order chi connectivity index (χ1) is 8.15. The van der Waals surface area contributed by atoms with E-state index in [1.807, 2.05) is 13.8 Å². The van der Waals surface area contributed by atoms with Crippen LogP contribution in [0.25, 0.3) is 11.3 Å². The Bertz CT molecular complexity index is 532. The van der Waals surface area contributed by atoms with E-state index in [9.17, 15) is 9.18 Å². The van der Waals surface area contributed by atoms with Crippen LogP contribution in [0, 0.1) is 12.7 Å². The fourth-order valence-corrected chi connectivity index (χ4v) is 1.35. The molecule has 0 fully saturated rings. The van der Waals surface area contributed by atoms with Gasteiger partial charge in [-0.05, 0) is 31.2 Å². The molecule has 2 rings (SSSR count). The van der Waals surface area contributed by atoms with E-state index in [1.54, 1.807) is 19.1 Å². The number of benzene rings is 1. The van der Waals surface area contributed by atoms with Crippen LogP contribution in [0.4, 0.5) is 4.39 Å². The Morgan fingerprint density at radius 3 is 2.29 bits per heavy atom. The summed E-state index contributed by atoms with van der Waals surface area (Å²) in [4.78, 5) is 17.9. The molecule has 17 heavy (non-hydrogen) atoms. The molecule has 0 amide bonds. The van der Waals surface area contributed by atoms with E-state index in [1.165, 1.54) is 18.2 Å². The highest BCUT2D eigenvalue weighted by Crippen LogP contribution is 2.15. The fourth-order valence-electron chi connectivity index (χ4n) is 1.35. The number of nitrogens with one attached hydrogen (secondary N) is 1. The van der Waals surface area contributed by atoms with Gasteiger partial charge in [-0.3, -0.25) is 4.79 Å². The number of hydrogen-bond acceptors (Lipinski definition) is 2. The largest absolute Gasteiger partial charge is 0.311 e. The van der Waals surface area contributed by atoms with Gasteiger partial charge in [0.25, 0.3) is 5.56 Å². The van der Waals surface area contributed by atoms with Crippen molar-refractivity contribution in [3.8, 4) is 11.3 Å². The zero-order valence-corrected chi connectivity index (χ0v) is 10.1. The minimum absolute atomic E-state index is 0.207. The van der Waals surface area contributed by atoms with Gasteiger partial charge < -0.3 is 4.98 Å². The number of halogens is 1. The van der Waals surface area contributed by atoms with Crippen molar-refractivity contribution in [1.82, 2.24) is 9.97 Å². The molecular formula is C13H15FN2O. The molecule has 0 saturated heterocycles. The van der Waals surface area contributed by atoms with E-state index < -0.39 is 0 Å². The molecule has 0 radical (unpaired) electrons. The number of aryl methyl sites for hydroxylation is 1. The number of nitrogens with zero attached hydrogens (tertiary/aromatic N) is 1. The SMILES string of the molecule is CC.Cc1nc(-c2ccc(F)cc2)cc(=O)[nH]1. The Labute approximate surface area is 99.4 Å². The molecule has 0 aliphatic heterocycles. The Morgan fingerprint density at radius 1 is 1.18 bits per heavy atom. The minimum atomic E-state index is -0.305.